The number of hydrogen-bond acceptors (Lipinski definition) is 6. The third-order valence-electron chi connectivity index (χ3n) is 5.28. The van der Waals surface area contributed by atoms with Crippen molar-refractivity contribution < 1.29 is 19.1 Å². The first-order chi connectivity index (χ1) is 16.8. The van der Waals surface area contributed by atoms with Crippen LogP contribution in [0.25, 0.3) is 11.3 Å². The summed E-state index contributed by atoms with van der Waals surface area (Å²) in [6.07, 6.45) is 1.10. The molecule has 0 aliphatic rings. The Morgan fingerprint density at radius 2 is 1.69 bits per heavy atom. The zero-order valence-electron chi connectivity index (χ0n) is 19.8. The Balaban J connectivity index is 1.77. The van der Waals surface area contributed by atoms with Gasteiger partial charge in [0.1, 0.15) is 6.07 Å². The Bertz CT molecular complexity index is 1290. The lowest BCUT2D eigenvalue weighted by molar-refractivity contribution is 0.101. The normalized spacial score (nSPS) is 10.2. The van der Waals surface area contributed by atoms with Gasteiger partial charge < -0.3 is 10.1 Å². The molecule has 0 aliphatic carbocycles. The van der Waals surface area contributed by atoms with Crippen molar-refractivity contribution in [3.63, 3.8) is 0 Å². The van der Waals surface area contributed by atoms with E-state index in [1.807, 2.05) is 6.92 Å². The van der Waals surface area contributed by atoms with E-state index in [-0.39, 0.29) is 17.3 Å². The third kappa shape index (κ3) is 6.30. The maximum atomic E-state index is 12.8. The molecular weight excluding hydrogens is 444 g/mol. The highest BCUT2D eigenvalue weighted by atomic mass is 16.5. The van der Waals surface area contributed by atoms with Gasteiger partial charge in [0.25, 0.3) is 5.91 Å². The minimum absolute atomic E-state index is 0.158. The number of benzene rings is 2. The van der Waals surface area contributed by atoms with E-state index in [4.69, 9.17) is 4.74 Å². The molecule has 0 spiro atoms. The van der Waals surface area contributed by atoms with Crippen LogP contribution >= 0.6 is 0 Å². The number of carbonyl (C=O) groups is 3. The molecule has 0 aliphatic heterocycles. The van der Waals surface area contributed by atoms with Gasteiger partial charge in [0.2, 0.25) is 0 Å². The average Bonchev–Trinajstić information content (AvgIpc) is 2.85. The number of anilines is 2. The van der Waals surface area contributed by atoms with Gasteiger partial charge in [0.05, 0.1) is 29.2 Å². The number of para-hydroxylation sites is 2. The molecule has 8 heteroatoms. The Labute approximate surface area is 204 Å². The Morgan fingerprint density at radius 3 is 2.29 bits per heavy atom. The number of Topliss-reactive ketones (excluding diaryl/α,β-unsaturated/α-hetero) is 1. The molecule has 2 aromatic carbocycles. The third-order valence-corrected chi connectivity index (χ3v) is 5.28. The van der Waals surface area contributed by atoms with Crippen LogP contribution in [0, 0.1) is 18.3 Å². The highest BCUT2D eigenvalue weighted by Crippen LogP contribution is 2.26. The number of amides is 2. The second kappa shape index (κ2) is 11.6. The zero-order valence-corrected chi connectivity index (χ0v) is 19.8. The molecule has 35 heavy (non-hydrogen) atoms. The van der Waals surface area contributed by atoms with Crippen molar-refractivity contribution in [3.8, 4) is 17.3 Å². The van der Waals surface area contributed by atoms with Crippen LogP contribution in [0.15, 0.2) is 54.6 Å². The Kier molecular flexibility index (Phi) is 8.30. The summed E-state index contributed by atoms with van der Waals surface area (Å²) < 4.78 is 5.12. The van der Waals surface area contributed by atoms with Crippen molar-refractivity contribution in [2.24, 2.45) is 0 Å². The molecule has 0 saturated carbocycles. The van der Waals surface area contributed by atoms with Crippen LogP contribution in [0.3, 0.4) is 0 Å². The van der Waals surface area contributed by atoms with Crippen molar-refractivity contribution >= 4 is 29.2 Å². The summed E-state index contributed by atoms with van der Waals surface area (Å²) >= 11 is 0. The molecular formula is C27H26N4O4. The predicted octanol–water partition coefficient (Wildman–Crippen LogP) is 5.73. The molecule has 3 aromatic rings. The summed E-state index contributed by atoms with van der Waals surface area (Å²) in [5.74, 6) is -0.532. The lowest BCUT2D eigenvalue weighted by atomic mass is 10.0. The van der Waals surface area contributed by atoms with Crippen LogP contribution in [-0.4, -0.2) is 29.4 Å². The standard InChI is InChI=1S/C27H26N4O4/c1-4-5-14-35-27(34)31-24-9-7-6-8-23(24)30-26(33)20-12-10-19(11-13-20)25-21(16-28)15-22(18(3)32)17(2)29-25/h6-13,15H,4-5,14H2,1-3H3,(H,30,33)(H,31,34). The summed E-state index contributed by atoms with van der Waals surface area (Å²) in [4.78, 5) is 41.1. The van der Waals surface area contributed by atoms with Gasteiger partial charge in [-0.1, -0.05) is 37.6 Å². The van der Waals surface area contributed by atoms with Crippen LogP contribution in [0.5, 0.6) is 0 Å². The molecule has 0 unspecified atom stereocenters. The number of rotatable bonds is 8. The van der Waals surface area contributed by atoms with Crippen molar-refractivity contribution in [2.45, 2.75) is 33.6 Å². The molecule has 0 bridgehead atoms. The highest BCUT2D eigenvalue weighted by molar-refractivity contribution is 6.07. The van der Waals surface area contributed by atoms with Gasteiger partial charge >= 0.3 is 6.09 Å². The minimum Gasteiger partial charge on any atom is -0.449 e. The van der Waals surface area contributed by atoms with E-state index in [0.29, 0.717) is 46.1 Å². The zero-order chi connectivity index (χ0) is 25.4. The molecule has 0 atom stereocenters. The number of unbranched alkanes of at least 4 members (excludes halogenated alkanes) is 1. The molecule has 0 saturated heterocycles. The Hall–Kier alpha value is -4.51. The van der Waals surface area contributed by atoms with E-state index in [1.165, 1.54) is 13.0 Å². The van der Waals surface area contributed by atoms with E-state index >= 15 is 0 Å². The highest BCUT2D eigenvalue weighted by Gasteiger charge is 2.15. The first-order valence-corrected chi connectivity index (χ1v) is 11.2. The first-order valence-electron chi connectivity index (χ1n) is 11.2. The smallest absolute Gasteiger partial charge is 0.411 e. The van der Waals surface area contributed by atoms with E-state index in [1.54, 1.807) is 55.5 Å². The topological polar surface area (TPSA) is 121 Å². The first kappa shape index (κ1) is 25.1. The van der Waals surface area contributed by atoms with Crippen molar-refractivity contribution in [1.29, 1.82) is 5.26 Å². The molecule has 0 fully saturated rings. The second-order valence-corrected chi connectivity index (χ2v) is 7.88. The number of ether oxygens (including phenoxy) is 1. The maximum absolute atomic E-state index is 12.8. The van der Waals surface area contributed by atoms with Crippen LogP contribution in [0.4, 0.5) is 16.2 Å². The van der Waals surface area contributed by atoms with Gasteiger partial charge in [-0.05, 0) is 50.6 Å². The number of nitrogens with one attached hydrogen (secondary N) is 2. The lowest BCUT2D eigenvalue weighted by Gasteiger charge is -2.13. The van der Waals surface area contributed by atoms with Crippen molar-refractivity contribution in [2.75, 3.05) is 17.2 Å². The number of aromatic nitrogens is 1. The predicted molar refractivity (Wildman–Crippen MR) is 133 cm³/mol. The van der Waals surface area contributed by atoms with E-state index in [2.05, 4.69) is 21.7 Å². The van der Waals surface area contributed by atoms with Gasteiger partial charge in [0, 0.05) is 22.4 Å². The maximum Gasteiger partial charge on any atom is 0.411 e. The van der Waals surface area contributed by atoms with Gasteiger partial charge in [-0.2, -0.15) is 5.26 Å². The van der Waals surface area contributed by atoms with Crippen LogP contribution in [-0.2, 0) is 4.74 Å². The number of ketones is 1. The summed E-state index contributed by atoms with van der Waals surface area (Å²) in [5.41, 5.74) is 3.54. The van der Waals surface area contributed by atoms with Gasteiger partial charge in [0.15, 0.2) is 5.78 Å². The summed E-state index contributed by atoms with van der Waals surface area (Å²) in [6.45, 7) is 5.47. The SMILES string of the molecule is CCCCOC(=O)Nc1ccccc1NC(=O)c1ccc(-c2nc(C)c(C(C)=O)cc2C#N)cc1. The van der Waals surface area contributed by atoms with Crippen molar-refractivity contribution in [1.82, 2.24) is 4.98 Å². The molecule has 3 rings (SSSR count). The number of carbonyl (C=O) groups excluding carboxylic acids is 3. The van der Waals surface area contributed by atoms with E-state index < -0.39 is 6.09 Å². The van der Waals surface area contributed by atoms with Crippen LogP contribution in [0.1, 0.15) is 58.7 Å². The molecule has 8 nitrogen and oxygen atoms in total. The number of nitrogens with zero attached hydrogens (tertiary/aromatic N) is 2. The Morgan fingerprint density at radius 1 is 1.03 bits per heavy atom. The van der Waals surface area contributed by atoms with E-state index in [0.717, 1.165) is 12.8 Å². The fourth-order valence-corrected chi connectivity index (χ4v) is 3.40. The molecule has 1 heterocycles. The fraction of sp³-hybridized carbons (Fsp3) is 0.222. The van der Waals surface area contributed by atoms with Crippen LogP contribution < -0.4 is 10.6 Å². The molecule has 2 amide bonds. The van der Waals surface area contributed by atoms with Crippen molar-refractivity contribution in [3.05, 3.63) is 77.0 Å². The number of aryl methyl sites for hydroxylation is 1. The van der Waals surface area contributed by atoms with Gasteiger partial charge in [-0.3, -0.25) is 19.9 Å². The second-order valence-electron chi connectivity index (χ2n) is 7.88. The molecule has 2 N–H and O–H groups in total. The summed E-state index contributed by atoms with van der Waals surface area (Å²) in [5, 5.41) is 15.0. The molecule has 1 aromatic heterocycles. The van der Waals surface area contributed by atoms with Crippen LogP contribution in [0.2, 0.25) is 0 Å². The quantitative estimate of drug-likeness (QED) is 0.320. The number of pyridine rings is 1. The average molecular weight is 471 g/mol. The largest absolute Gasteiger partial charge is 0.449 e. The number of hydrogen-bond donors (Lipinski definition) is 2. The fourth-order valence-electron chi connectivity index (χ4n) is 3.40. The summed E-state index contributed by atoms with van der Waals surface area (Å²) in [6, 6.07) is 17.1. The van der Waals surface area contributed by atoms with E-state index in [9.17, 15) is 19.6 Å². The van der Waals surface area contributed by atoms with Gasteiger partial charge in [-0.15, -0.1) is 0 Å². The van der Waals surface area contributed by atoms with Gasteiger partial charge in [-0.25, -0.2) is 4.79 Å². The minimum atomic E-state index is -0.587. The molecule has 178 valence electrons. The lowest BCUT2D eigenvalue weighted by Crippen LogP contribution is -2.17. The summed E-state index contributed by atoms with van der Waals surface area (Å²) in [7, 11) is 0. The molecule has 0 radical (unpaired) electrons. The monoisotopic (exact) mass is 470 g/mol. The number of nitriles is 1.